The molecule has 4 atom stereocenters. The van der Waals surface area contributed by atoms with Crippen LogP contribution in [0.1, 0.15) is 56.1 Å². The predicted octanol–water partition coefficient (Wildman–Crippen LogP) is 3.58. The number of carbonyl (C=O) groups is 3. The second-order valence-electron chi connectivity index (χ2n) is 9.46. The number of methoxy groups -OCH3 is 1. The number of hydrogen-bond acceptors (Lipinski definition) is 8. The van der Waals surface area contributed by atoms with Gasteiger partial charge in [0.15, 0.2) is 17.2 Å². The van der Waals surface area contributed by atoms with Gasteiger partial charge in [0.05, 0.1) is 13.0 Å². The zero-order valence-electron chi connectivity index (χ0n) is 21.4. The normalized spacial score (nSPS) is 22.3. The SMILES string of the molecule is COc1ccnc(C(=O)N[C@H]2CCC[C@H](Cc3ccc(F)cc3)[C@@H](OC(=O)C(C)C)[C@H](C)OC2=O)c1O. The molecule has 10 heteroatoms. The fraction of sp³-hybridized carbons (Fsp3) is 0.481. The van der Waals surface area contributed by atoms with Crippen LogP contribution in [-0.2, 0) is 25.5 Å². The lowest BCUT2D eigenvalue weighted by Gasteiger charge is -2.31. The standard InChI is InChI=1S/C27H33FN2O7/c1-15(2)26(33)37-24-16(3)36-27(34)20(30-25(32)22-23(31)21(35-4)12-13-29-22)7-5-6-18(24)14-17-8-10-19(28)11-9-17/h8-13,15-16,18,20,24,31H,5-7,14H2,1-4H3,(H,30,32)/t16-,18+,20-,24-/m0/s1. The van der Waals surface area contributed by atoms with E-state index in [-0.39, 0.29) is 35.5 Å². The number of nitrogens with zero attached hydrogens (tertiary/aromatic N) is 1. The molecule has 200 valence electrons. The van der Waals surface area contributed by atoms with E-state index in [1.54, 1.807) is 32.9 Å². The first-order chi connectivity index (χ1) is 17.6. The Balaban J connectivity index is 1.82. The number of halogens is 1. The average molecular weight is 517 g/mol. The number of aromatic hydroxyl groups is 1. The molecule has 2 heterocycles. The van der Waals surface area contributed by atoms with E-state index in [1.165, 1.54) is 31.5 Å². The summed E-state index contributed by atoms with van der Waals surface area (Å²) in [5.41, 5.74) is 0.581. The highest BCUT2D eigenvalue weighted by molar-refractivity contribution is 5.97. The molecule has 37 heavy (non-hydrogen) atoms. The largest absolute Gasteiger partial charge is 0.503 e. The monoisotopic (exact) mass is 516 g/mol. The van der Waals surface area contributed by atoms with E-state index in [0.29, 0.717) is 19.3 Å². The Morgan fingerprint density at radius 1 is 1.22 bits per heavy atom. The summed E-state index contributed by atoms with van der Waals surface area (Å²) in [7, 11) is 1.35. The molecular formula is C27H33FN2O7. The van der Waals surface area contributed by atoms with E-state index >= 15 is 0 Å². The third kappa shape index (κ3) is 7.18. The predicted molar refractivity (Wildman–Crippen MR) is 131 cm³/mol. The van der Waals surface area contributed by atoms with Crippen molar-refractivity contribution in [2.24, 2.45) is 11.8 Å². The van der Waals surface area contributed by atoms with Gasteiger partial charge in [-0.25, -0.2) is 14.2 Å². The fourth-order valence-corrected chi connectivity index (χ4v) is 4.31. The Kier molecular flexibility index (Phi) is 9.43. The average Bonchev–Trinajstić information content (AvgIpc) is 2.91. The van der Waals surface area contributed by atoms with Gasteiger partial charge in [-0.3, -0.25) is 9.59 Å². The van der Waals surface area contributed by atoms with Crippen LogP contribution in [0.4, 0.5) is 4.39 Å². The number of benzene rings is 1. The molecule has 1 aliphatic heterocycles. The van der Waals surface area contributed by atoms with Crippen molar-refractivity contribution in [3.63, 3.8) is 0 Å². The van der Waals surface area contributed by atoms with Crippen LogP contribution in [0.25, 0.3) is 0 Å². The summed E-state index contributed by atoms with van der Waals surface area (Å²) < 4.78 is 29.9. The minimum Gasteiger partial charge on any atom is -0.503 e. The van der Waals surface area contributed by atoms with Gasteiger partial charge in [-0.15, -0.1) is 0 Å². The minimum absolute atomic E-state index is 0.0734. The maximum absolute atomic E-state index is 13.4. The van der Waals surface area contributed by atoms with E-state index in [4.69, 9.17) is 14.2 Å². The van der Waals surface area contributed by atoms with Crippen LogP contribution in [0.2, 0.25) is 0 Å². The zero-order valence-corrected chi connectivity index (χ0v) is 21.4. The van der Waals surface area contributed by atoms with Crippen molar-refractivity contribution in [3.05, 3.63) is 53.6 Å². The molecule has 1 aromatic heterocycles. The van der Waals surface area contributed by atoms with Crippen molar-refractivity contribution < 1.29 is 38.1 Å². The van der Waals surface area contributed by atoms with Gasteiger partial charge >= 0.3 is 11.9 Å². The van der Waals surface area contributed by atoms with Crippen LogP contribution in [0, 0.1) is 17.7 Å². The molecule has 1 aromatic carbocycles. The van der Waals surface area contributed by atoms with Crippen molar-refractivity contribution in [1.29, 1.82) is 0 Å². The summed E-state index contributed by atoms with van der Waals surface area (Å²) >= 11 is 0. The van der Waals surface area contributed by atoms with Crippen molar-refractivity contribution >= 4 is 17.8 Å². The van der Waals surface area contributed by atoms with Gasteiger partial charge in [0.2, 0.25) is 0 Å². The van der Waals surface area contributed by atoms with Crippen molar-refractivity contribution in [1.82, 2.24) is 10.3 Å². The summed E-state index contributed by atoms with van der Waals surface area (Å²) in [6.07, 6.45) is 1.58. The number of esters is 2. The van der Waals surface area contributed by atoms with Crippen molar-refractivity contribution in [2.45, 2.75) is 64.7 Å². The maximum atomic E-state index is 13.4. The number of nitrogens with one attached hydrogen (secondary N) is 1. The molecule has 0 radical (unpaired) electrons. The van der Waals surface area contributed by atoms with Gasteiger partial charge in [-0.1, -0.05) is 32.4 Å². The molecule has 2 aromatic rings. The number of rotatable bonds is 7. The lowest BCUT2D eigenvalue weighted by molar-refractivity contribution is -0.173. The molecule has 0 unspecified atom stereocenters. The van der Waals surface area contributed by atoms with Crippen LogP contribution >= 0.6 is 0 Å². The third-order valence-electron chi connectivity index (χ3n) is 6.34. The summed E-state index contributed by atoms with van der Waals surface area (Å²) in [4.78, 5) is 42.3. The topological polar surface area (TPSA) is 124 Å². The van der Waals surface area contributed by atoms with Crippen molar-refractivity contribution in [2.75, 3.05) is 7.11 Å². The molecule has 9 nitrogen and oxygen atoms in total. The van der Waals surface area contributed by atoms with Gasteiger partial charge in [0, 0.05) is 18.2 Å². The highest BCUT2D eigenvalue weighted by Crippen LogP contribution is 2.30. The third-order valence-corrected chi connectivity index (χ3v) is 6.34. The zero-order chi connectivity index (χ0) is 27.1. The number of pyridine rings is 1. The first-order valence-electron chi connectivity index (χ1n) is 12.3. The first kappa shape index (κ1) is 27.9. The van der Waals surface area contributed by atoms with Crippen LogP contribution in [0.15, 0.2) is 36.5 Å². The highest BCUT2D eigenvalue weighted by atomic mass is 19.1. The highest BCUT2D eigenvalue weighted by Gasteiger charge is 2.37. The van der Waals surface area contributed by atoms with Gasteiger partial charge in [0.25, 0.3) is 5.91 Å². The smallest absolute Gasteiger partial charge is 0.329 e. The van der Waals surface area contributed by atoms with Gasteiger partial charge in [0.1, 0.15) is 24.1 Å². The van der Waals surface area contributed by atoms with Crippen LogP contribution in [0.5, 0.6) is 11.5 Å². The number of cyclic esters (lactones) is 1. The Labute approximate surface area is 215 Å². The number of amides is 1. The van der Waals surface area contributed by atoms with Gasteiger partial charge < -0.3 is 24.6 Å². The molecule has 0 spiro atoms. The van der Waals surface area contributed by atoms with E-state index in [0.717, 1.165) is 5.56 Å². The number of carbonyl (C=O) groups excluding carboxylic acids is 3. The maximum Gasteiger partial charge on any atom is 0.329 e. The lowest BCUT2D eigenvalue weighted by atomic mass is 9.86. The van der Waals surface area contributed by atoms with E-state index in [2.05, 4.69) is 10.3 Å². The van der Waals surface area contributed by atoms with Crippen LogP contribution < -0.4 is 10.1 Å². The first-order valence-corrected chi connectivity index (χ1v) is 12.3. The molecule has 3 rings (SSSR count). The Morgan fingerprint density at radius 2 is 1.92 bits per heavy atom. The van der Waals surface area contributed by atoms with Crippen molar-refractivity contribution in [3.8, 4) is 11.5 Å². The van der Waals surface area contributed by atoms with Crippen LogP contribution in [0.3, 0.4) is 0 Å². The second-order valence-corrected chi connectivity index (χ2v) is 9.46. The molecule has 0 bridgehead atoms. The number of aromatic nitrogens is 1. The quantitative estimate of drug-likeness (QED) is 0.536. The number of ether oxygens (including phenoxy) is 3. The fourth-order valence-electron chi connectivity index (χ4n) is 4.31. The van der Waals surface area contributed by atoms with Crippen LogP contribution in [-0.4, -0.2) is 53.3 Å². The summed E-state index contributed by atoms with van der Waals surface area (Å²) in [6, 6.07) is 6.50. The lowest BCUT2D eigenvalue weighted by Crippen LogP contribution is -2.45. The molecule has 1 fully saturated rings. The summed E-state index contributed by atoms with van der Waals surface area (Å²) in [5, 5.41) is 12.9. The Hall–Kier alpha value is -3.69. The molecule has 1 saturated heterocycles. The number of hydrogen-bond donors (Lipinski definition) is 2. The Bertz CT molecular complexity index is 1110. The molecule has 0 aliphatic carbocycles. The van der Waals surface area contributed by atoms with Gasteiger partial charge in [-0.05, 0) is 43.9 Å². The van der Waals surface area contributed by atoms with E-state index < -0.39 is 41.8 Å². The minimum atomic E-state index is -1.01. The molecular weight excluding hydrogens is 483 g/mol. The summed E-state index contributed by atoms with van der Waals surface area (Å²) in [6.45, 7) is 5.08. The van der Waals surface area contributed by atoms with Gasteiger partial charge in [-0.2, -0.15) is 0 Å². The van der Waals surface area contributed by atoms with E-state index in [9.17, 15) is 23.9 Å². The van der Waals surface area contributed by atoms with E-state index in [1.807, 2.05) is 0 Å². The summed E-state index contributed by atoms with van der Waals surface area (Å²) in [5.74, 6) is -3.16. The molecule has 2 N–H and O–H groups in total. The second kappa shape index (κ2) is 12.5. The molecule has 0 saturated carbocycles. The Morgan fingerprint density at radius 3 is 2.57 bits per heavy atom. The molecule has 1 aliphatic rings. The molecule has 1 amide bonds.